The number of thioether (sulfide) groups is 1. The van der Waals surface area contributed by atoms with E-state index >= 15 is 0 Å². The lowest BCUT2D eigenvalue weighted by Crippen LogP contribution is -2.35. The van der Waals surface area contributed by atoms with Crippen molar-refractivity contribution in [3.8, 4) is 0 Å². The van der Waals surface area contributed by atoms with Gasteiger partial charge in [-0.2, -0.15) is 11.8 Å². The van der Waals surface area contributed by atoms with Crippen LogP contribution in [0.4, 0.5) is 0 Å². The highest BCUT2D eigenvalue weighted by Gasteiger charge is 2.28. The second kappa shape index (κ2) is 6.29. The Bertz CT molecular complexity index is 288. The SMILES string of the molecule is CC1(O)CCCN(C(=O)CC2CCSCC2)CC1. The molecule has 0 spiro atoms. The van der Waals surface area contributed by atoms with Gasteiger partial charge in [-0.15, -0.1) is 0 Å². The first kappa shape index (κ1) is 14.2. The van der Waals surface area contributed by atoms with Gasteiger partial charge in [0.1, 0.15) is 0 Å². The van der Waals surface area contributed by atoms with E-state index in [-0.39, 0.29) is 0 Å². The van der Waals surface area contributed by atoms with Crippen molar-refractivity contribution in [1.29, 1.82) is 0 Å². The molecule has 1 N–H and O–H groups in total. The topological polar surface area (TPSA) is 40.5 Å². The molecule has 0 radical (unpaired) electrons. The van der Waals surface area contributed by atoms with Gasteiger partial charge in [0.05, 0.1) is 5.60 Å². The second-order valence-electron chi connectivity index (χ2n) is 5.99. The van der Waals surface area contributed by atoms with Crippen molar-refractivity contribution in [3.05, 3.63) is 0 Å². The summed E-state index contributed by atoms with van der Waals surface area (Å²) in [7, 11) is 0. The third kappa shape index (κ3) is 4.16. The normalized spacial score (nSPS) is 31.1. The lowest BCUT2D eigenvalue weighted by atomic mass is 9.97. The zero-order valence-electron chi connectivity index (χ0n) is 11.4. The Balaban J connectivity index is 1.81. The monoisotopic (exact) mass is 271 g/mol. The molecule has 18 heavy (non-hydrogen) atoms. The van der Waals surface area contributed by atoms with Crippen LogP contribution in [0, 0.1) is 5.92 Å². The van der Waals surface area contributed by atoms with E-state index in [0.29, 0.717) is 11.8 Å². The standard InChI is InChI=1S/C14H25NO2S/c1-14(17)5-2-7-15(8-6-14)13(16)11-12-3-9-18-10-4-12/h12,17H,2-11H2,1H3. The van der Waals surface area contributed by atoms with Gasteiger partial charge in [0.25, 0.3) is 0 Å². The van der Waals surface area contributed by atoms with Crippen molar-refractivity contribution in [1.82, 2.24) is 4.90 Å². The van der Waals surface area contributed by atoms with Gasteiger partial charge in [-0.25, -0.2) is 0 Å². The van der Waals surface area contributed by atoms with Crippen LogP contribution in [0.3, 0.4) is 0 Å². The number of nitrogens with zero attached hydrogens (tertiary/aromatic N) is 1. The number of carbonyl (C=O) groups is 1. The maximum atomic E-state index is 12.3. The Hall–Kier alpha value is -0.220. The number of carbonyl (C=O) groups excluding carboxylic acids is 1. The summed E-state index contributed by atoms with van der Waals surface area (Å²) in [6, 6.07) is 0. The molecule has 0 aromatic rings. The molecule has 0 aliphatic carbocycles. The molecule has 2 aliphatic heterocycles. The van der Waals surface area contributed by atoms with E-state index in [4.69, 9.17) is 0 Å². The Morgan fingerprint density at radius 1 is 1.33 bits per heavy atom. The van der Waals surface area contributed by atoms with Gasteiger partial charge in [-0.3, -0.25) is 4.79 Å². The fraction of sp³-hybridized carbons (Fsp3) is 0.929. The zero-order valence-corrected chi connectivity index (χ0v) is 12.2. The van der Waals surface area contributed by atoms with E-state index in [0.717, 1.165) is 38.8 Å². The van der Waals surface area contributed by atoms with E-state index in [1.807, 2.05) is 23.6 Å². The molecule has 1 unspecified atom stereocenters. The minimum atomic E-state index is -0.573. The molecule has 2 aliphatic rings. The van der Waals surface area contributed by atoms with Crippen LogP contribution in [-0.4, -0.2) is 46.1 Å². The third-order valence-corrected chi connectivity index (χ3v) is 5.27. The fourth-order valence-corrected chi connectivity index (χ4v) is 4.04. The highest BCUT2D eigenvalue weighted by atomic mass is 32.2. The van der Waals surface area contributed by atoms with Gasteiger partial charge in [0.15, 0.2) is 0 Å². The number of amides is 1. The van der Waals surface area contributed by atoms with Gasteiger partial charge in [0.2, 0.25) is 5.91 Å². The van der Waals surface area contributed by atoms with E-state index < -0.39 is 5.60 Å². The Morgan fingerprint density at radius 2 is 2.06 bits per heavy atom. The smallest absolute Gasteiger partial charge is 0.222 e. The molecular formula is C14H25NO2S. The molecule has 2 fully saturated rings. The summed E-state index contributed by atoms with van der Waals surface area (Å²) in [5, 5.41) is 10.0. The largest absolute Gasteiger partial charge is 0.390 e. The molecule has 3 nitrogen and oxygen atoms in total. The average molecular weight is 271 g/mol. The number of aliphatic hydroxyl groups is 1. The van der Waals surface area contributed by atoms with Gasteiger partial charge >= 0.3 is 0 Å². The van der Waals surface area contributed by atoms with Crippen LogP contribution < -0.4 is 0 Å². The predicted molar refractivity (Wildman–Crippen MR) is 75.7 cm³/mol. The molecule has 0 aromatic heterocycles. The molecule has 0 aromatic carbocycles. The summed E-state index contributed by atoms with van der Waals surface area (Å²) < 4.78 is 0. The zero-order chi connectivity index (χ0) is 13.0. The molecule has 2 rings (SSSR count). The number of likely N-dealkylation sites (tertiary alicyclic amines) is 1. The van der Waals surface area contributed by atoms with Gasteiger partial charge in [0, 0.05) is 19.5 Å². The van der Waals surface area contributed by atoms with Crippen LogP contribution in [0.5, 0.6) is 0 Å². The lowest BCUT2D eigenvalue weighted by molar-refractivity contribution is -0.132. The fourth-order valence-electron chi connectivity index (χ4n) is 2.84. The highest BCUT2D eigenvalue weighted by Crippen LogP contribution is 2.27. The molecule has 2 heterocycles. The van der Waals surface area contributed by atoms with Crippen molar-refractivity contribution < 1.29 is 9.90 Å². The first-order valence-electron chi connectivity index (χ1n) is 7.15. The molecule has 0 bridgehead atoms. The molecule has 1 atom stereocenters. The van der Waals surface area contributed by atoms with Crippen molar-refractivity contribution in [2.24, 2.45) is 5.92 Å². The van der Waals surface area contributed by atoms with Crippen LogP contribution in [0.15, 0.2) is 0 Å². The van der Waals surface area contributed by atoms with Gasteiger partial charge in [-0.05, 0) is 56.5 Å². The average Bonchev–Trinajstić information content (AvgIpc) is 2.51. The molecule has 2 saturated heterocycles. The van der Waals surface area contributed by atoms with E-state index in [1.165, 1.54) is 24.3 Å². The second-order valence-corrected chi connectivity index (χ2v) is 7.22. The molecular weight excluding hydrogens is 246 g/mol. The van der Waals surface area contributed by atoms with Crippen LogP contribution >= 0.6 is 11.8 Å². The van der Waals surface area contributed by atoms with Crippen LogP contribution in [0.25, 0.3) is 0 Å². The summed E-state index contributed by atoms with van der Waals surface area (Å²) in [5.41, 5.74) is -0.573. The van der Waals surface area contributed by atoms with Gasteiger partial charge < -0.3 is 10.0 Å². The van der Waals surface area contributed by atoms with Crippen molar-refractivity contribution >= 4 is 17.7 Å². The van der Waals surface area contributed by atoms with Crippen molar-refractivity contribution in [3.63, 3.8) is 0 Å². The van der Waals surface area contributed by atoms with Crippen molar-refractivity contribution in [2.45, 2.75) is 51.0 Å². The predicted octanol–water partition coefficient (Wildman–Crippen LogP) is 2.28. The Labute approximate surface area is 114 Å². The minimum Gasteiger partial charge on any atom is -0.390 e. The number of hydrogen-bond acceptors (Lipinski definition) is 3. The first-order valence-corrected chi connectivity index (χ1v) is 8.30. The Kier molecular flexibility index (Phi) is 4.96. The highest BCUT2D eigenvalue weighted by molar-refractivity contribution is 7.99. The number of rotatable bonds is 2. The summed E-state index contributed by atoms with van der Waals surface area (Å²) in [4.78, 5) is 14.2. The molecule has 1 amide bonds. The van der Waals surface area contributed by atoms with Gasteiger partial charge in [-0.1, -0.05) is 0 Å². The first-order chi connectivity index (χ1) is 8.57. The summed E-state index contributed by atoms with van der Waals surface area (Å²) in [6.07, 6.45) is 5.59. The maximum Gasteiger partial charge on any atom is 0.222 e. The number of hydrogen-bond donors (Lipinski definition) is 1. The van der Waals surface area contributed by atoms with Crippen LogP contribution in [0.2, 0.25) is 0 Å². The maximum absolute atomic E-state index is 12.3. The van der Waals surface area contributed by atoms with Crippen LogP contribution in [0.1, 0.15) is 45.4 Å². The van der Waals surface area contributed by atoms with E-state index in [9.17, 15) is 9.90 Å². The van der Waals surface area contributed by atoms with E-state index in [1.54, 1.807) is 0 Å². The summed E-state index contributed by atoms with van der Waals surface area (Å²) in [5.74, 6) is 3.34. The molecule has 0 saturated carbocycles. The van der Waals surface area contributed by atoms with Crippen LogP contribution in [-0.2, 0) is 4.79 Å². The van der Waals surface area contributed by atoms with Crippen molar-refractivity contribution in [2.75, 3.05) is 24.6 Å². The minimum absolute atomic E-state index is 0.310. The quantitative estimate of drug-likeness (QED) is 0.837. The van der Waals surface area contributed by atoms with E-state index in [2.05, 4.69) is 0 Å². The lowest BCUT2D eigenvalue weighted by Gasteiger charge is -2.26. The summed E-state index contributed by atoms with van der Waals surface area (Å²) >= 11 is 2.01. The summed E-state index contributed by atoms with van der Waals surface area (Å²) in [6.45, 7) is 3.45. The molecule has 104 valence electrons. The third-order valence-electron chi connectivity index (χ3n) is 4.22. The molecule has 4 heteroatoms. The Morgan fingerprint density at radius 3 is 2.78 bits per heavy atom.